The first-order valence-corrected chi connectivity index (χ1v) is 11.6. The van der Waals surface area contributed by atoms with E-state index in [2.05, 4.69) is 17.7 Å². The lowest BCUT2D eigenvalue weighted by Crippen LogP contribution is -2.05. The molecule has 27 heavy (non-hydrogen) atoms. The van der Waals surface area contributed by atoms with E-state index in [0.717, 1.165) is 13.0 Å². The van der Waals surface area contributed by atoms with E-state index in [4.69, 9.17) is 0 Å². The lowest BCUT2D eigenvalue weighted by atomic mass is 10.1. The van der Waals surface area contributed by atoms with Crippen molar-refractivity contribution in [2.24, 2.45) is 0 Å². The molecule has 0 aliphatic carbocycles. The van der Waals surface area contributed by atoms with Crippen molar-refractivity contribution in [3.63, 3.8) is 0 Å². The quantitative estimate of drug-likeness (QED) is 0.268. The van der Waals surface area contributed by atoms with E-state index in [1.807, 2.05) is 0 Å². The van der Waals surface area contributed by atoms with E-state index >= 15 is 0 Å². The predicted octanol–water partition coefficient (Wildman–Crippen LogP) is 3.43. The molecule has 154 valence electrons. The minimum Gasteiger partial charge on any atom is -0.302 e. The number of nitro benzene ring substituents is 1. The molecule has 4 unspecified atom stereocenters. The molecule has 1 aromatic rings. The smallest absolute Gasteiger partial charge is 0.302 e. The van der Waals surface area contributed by atoms with Gasteiger partial charge in [0.1, 0.15) is 0 Å². The number of hydrogen-bond donors (Lipinski definition) is 3. The van der Waals surface area contributed by atoms with Gasteiger partial charge in [0, 0.05) is 6.07 Å². The Kier molecular flexibility index (Phi) is 8.04. The number of phosphoric ester groups is 2. The normalized spacial score (nSPS) is 19.7. The first-order chi connectivity index (χ1) is 12.1. The molecule has 0 aliphatic heterocycles. The molecule has 0 amide bonds. The maximum Gasteiger partial charge on any atom is 0.490 e. The van der Waals surface area contributed by atoms with Crippen LogP contribution >= 0.6 is 23.5 Å². The Balaban J connectivity index is 2.92. The summed E-state index contributed by atoms with van der Waals surface area (Å²) in [6, 6.07) is 5.10. The summed E-state index contributed by atoms with van der Waals surface area (Å²) >= 11 is 0. The second-order valence-electron chi connectivity index (χ2n) is 5.29. The maximum absolute atomic E-state index is 11.9. The van der Waals surface area contributed by atoms with Gasteiger partial charge in [0.15, 0.2) is 0 Å². The summed E-state index contributed by atoms with van der Waals surface area (Å²) in [5.41, 5.74) is -0.552. The molecule has 0 radical (unpaired) electrons. The van der Waals surface area contributed by atoms with Gasteiger partial charge in [-0.2, -0.15) is 8.62 Å². The van der Waals surface area contributed by atoms with Crippen LogP contribution < -0.4 is 0 Å². The van der Waals surface area contributed by atoms with Gasteiger partial charge in [-0.15, -0.1) is 0 Å². The minimum atomic E-state index is -5.58. The third kappa shape index (κ3) is 8.28. The molecular formula is C11H18NO12P3. The van der Waals surface area contributed by atoms with Crippen LogP contribution in [-0.2, 0) is 31.4 Å². The van der Waals surface area contributed by atoms with Gasteiger partial charge in [0.05, 0.1) is 22.7 Å². The Bertz CT molecular complexity index is 827. The van der Waals surface area contributed by atoms with Crippen LogP contribution in [0.25, 0.3) is 0 Å². The number of nitrogens with zero attached hydrogens (tertiary/aromatic N) is 1. The van der Waals surface area contributed by atoms with Crippen LogP contribution in [0.4, 0.5) is 5.69 Å². The highest BCUT2D eigenvalue weighted by Crippen LogP contribution is 2.68. The zero-order valence-electron chi connectivity index (χ0n) is 14.3. The monoisotopic (exact) mass is 449 g/mol. The topological polar surface area (TPSA) is 192 Å². The third-order valence-corrected chi connectivity index (χ3v) is 7.19. The van der Waals surface area contributed by atoms with Crippen molar-refractivity contribution < 1.29 is 51.0 Å². The Morgan fingerprint density at radius 2 is 1.41 bits per heavy atom. The van der Waals surface area contributed by atoms with E-state index in [9.17, 15) is 38.5 Å². The Morgan fingerprint density at radius 1 is 0.926 bits per heavy atom. The van der Waals surface area contributed by atoms with Crippen LogP contribution in [0.15, 0.2) is 24.3 Å². The van der Waals surface area contributed by atoms with Crippen molar-refractivity contribution in [1.29, 1.82) is 0 Å². The van der Waals surface area contributed by atoms with Crippen LogP contribution in [0.3, 0.4) is 0 Å². The molecule has 0 bridgehead atoms. The van der Waals surface area contributed by atoms with E-state index < -0.39 is 46.3 Å². The van der Waals surface area contributed by atoms with Crippen molar-refractivity contribution in [2.75, 3.05) is 0 Å². The van der Waals surface area contributed by atoms with Gasteiger partial charge < -0.3 is 14.7 Å². The fraction of sp³-hybridized carbons (Fsp3) is 0.455. The third-order valence-electron chi connectivity index (χ3n) is 2.62. The lowest BCUT2D eigenvalue weighted by molar-refractivity contribution is -0.386. The molecule has 0 heterocycles. The largest absolute Gasteiger partial charge is 0.490 e. The van der Waals surface area contributed by atoms with Gasteiger partial charge in [0.25, 0.3) is 5.69 Å². The molecule has 0 spiro atoms. The van der Waals surface area contributed by atoms with Crippen LogP contribution in [0.1, 0.15) is 32.4 Å². The molecule has 0 aliphatic rings. The number of hydrogen-bond acceptors (Lipinski definition) is 9. The minimum absolute atomic E-state index is 0.120. The van der Waals surface area contributed by atoms with Crippen molar-refractivity contribution in [2.45, 2.75) is 33.0 Å². The Morgan fingerprint density at radius 3 is 1.89 bits per heavy atom. The molecule has 4 atom stereocenters. The van der Waals surface area contributed by atoms with Gasteiger partial charge >= 0.3 is 23.5 Å². The molecule has 1 rings (SSSR count). The van der Waals surface area contributed by atoms with Crippen LogP contribution in [0, 0.1) is 10.1 Å². The van der Waals surface area contributed by atoms with E-state index in [0.29, 0.717) is 0 Å². The number of nitro groups is 1. The SMILES string of the molecule is CC(C)OP(=O)(O)OP(=O)(O)OP(=O)(O)OC(C)c1ccccc1[N+](=O)[O-]. The zero-order chi connectivity index (χ0) is 21.0. The van der Waals surface area contributed by atoms with Crippen molar-refractivity contribution >= 4 is 29.2 Å². The summed E-state index contributed by atoms with van der Waals surface area (Å²) < 4.78 is 51.9. The first-order valence-electron chi connectivity index (χ1n) is 7.15. The maximum atomic E-state index is 11.9. The highest BCUT2D eigenvalue weighted by atomic mass is 31.3. The standard InChI is InChI=1S/C11H18NO12P3/c1-8(2)21-25(15,16)23-27(19,20)24-26(17,18)22-9(3)10-6-4-5-7-11(10)12(13)14/h4-9H,1-3H3,(H,15,16)(H,17,18)(H,19,20). The number of para-hydroxylation sites is 1. The summed E-state index contributed by atoms with van der Waals surface area (Å²) in [6.07, 6.45) is -2.30. The van der Waals surface area contributed by atoms with Crippen LogP contribution in [0.2, 0.25) is 0 Å². The van der Waals surface area contributed by atoms with Crippen molar-refractivity contribution in [3.8, 4) is 0 Å². The Labute approximate surface area is 153 Å². The summed E-state index contributed by atoms with van der Waals surface area (Å²) in [4.78, 5) is 38.5. The molecule has 1 aromatic carbocycles. The van der Waals surface area contributed by atoms with E-state index in [1.165, 1.54) is 32.0 Å². The second kappa shape index (κ2) is 9.02. The highest BCUT2D eigenvalue weighted by Gasteiger charge is 2.43. The van der Waals surface area contributed by atoms with Gasteiger partial charge in [-0.3, -0.25) is 19.2 Å². The molecule has 0 saturated heterocycles. The van der Waals surface area contributed by atoms with Crippen LogP contribution in [-0.4, -0.2) is 25.7 Å². The van der Waals surface area contributed by atoms with Gasteiger partial charge in [-0.05, 0) is 26.8 Å². The fourth-order valence-corrected chi connectivity index (χ4v) is 5.66. The fourth-order valence-electron chi connectivity index (χ4n) is 1.83. The molecule has 3 N–H and O–H groups in total. The predicted molar refractivity (Wildman–Crippen MR) is 90.5 cm³/mol. The van der Waals surface area contributed by atoms with E-state index in [-0.39, 0.29) is 5.56 Å². The van der Waals surface area contributed by atoms with E-state index in [1.54, 1.807) is 0 Å². The summed E-state index contributed by atoms with van der Waals surface area (Å²) in [6.45, 7) is 3.80. The molecule has 0 fully saturated rings. The average Bonchev–Trinajstić information content (AvgIpc) is 2.42. The molecule has 16 heteroatoms. The average molecular weight is 449 g/mol. The van der Waals surface area contributed by atoms with Gasteiger partial charge in [-0.1, -0.05) is 12.1 Å². The zero-order valence-corrected chi connectivity index (χ0v) is 17.0. The van der Waals surface area contributed by atoms with Crippen LogP contribution in [0.5, 0.6) is 0 Å². The summed E-state index contributed by atoms with van der Waals surface area (Å²) in [7, 11) is -16.0. The number of rotatable bonds is 10. The highest BCUT2D eigenvalue weighted by molar-refractivity contribution is 7.66. The van der Waals surface area contributed by atoms with Crippen molar-refractivity contribution in [3.05, 3.63) is 39.9 Å². The molecular weight excluding hydrogens is 431 g/mol. The second-order valence-corrected chi connectivity index (χ2v) is 9.83. The van der Waals surface area contributed by atoms with Crippen molar-refractivity contribution in [1.82, 2.24) is 0 Å². The van der Waals surface area contributed by atoms with Gasteiger partial charge in [0.2, 0.25) is 0 Å². The summed E-state index contributed by atoms with van der Waals surface area (Å²) in [5.74, 6) is 0. The number of benzene rings is 1. The molecule has 13 nitrogen and oxygen atoms in total. The molecule has 0 aromatic heterocycles. The molecule has 0 saturated carbocycles. The summed E-state index contributed by atoms with van der Waals surface area (Å²) in [5, 5.41) is 11.0. The Hall–Kier alpha value is -0.970. The first kappa shape index (κ1) is 24.1. The lowest BCUT2D eigenvalue weighted by Gasteiger charge is -2.21. The van der Waals surface area contributed by atoms with Gasteiger partial charge in [-0.25, -0.2) is 13.7 Å². The number of phosphoric acid groups is 3.